The van der Waals surface area contributed by atoms with Crippen molar-refractivity contribution in [2.24, 2.45) is 4.99 Å². The van der Waals surface area contributed by atoms with Gasteiger partial charge in [-0.05, 0) is 29.2 Å². The Bertz CT molecular complexity index is 1040. The van der Waals surface area contributed by atoms with E-state index >= 15 is 0 Å². The first-order valence-corrected chi connectivity index (χ1v) is 9.90. The Kier molecular flexibility index (Phi) is 13.8. The molecular formula is C24H27BF4N4. The molecule has 0 saturated heterocycles. The summed E-state index contributed by atoms with van der Waals surface area (Å²) in [6.07, 6.45) is 3.03. The lowest BCUT2D eigenvalue weighted by Gasteiger charge is -2.14. The fourth-order valence-electron chi connectivity index (χ4n) is 3.60. The molecule has 2 aliphatic rings. The third-order valence-corrected chi connectivity index (χ3v) is 5.01. The van der Waals surface area contributed by atoms with Crippen LogP contribution in [-0.4, -0.2) is 43.7 Å². The number of hydrogen-bond acceptors (Lipinski definition) is 3. The van der Waals surface area contributed by atoms with E-state index in [2.05, 4.69) is 53.0 Å². The van der Waals surface area contributed by atoms with Crippen LogP contribution in [0.4, 0.5) is 12.9 Å². The fourth-order valence-corrected chi connectivity index (χ4v) is 3.60. The molecule has 0 amide bonds. The predicted octanol–water partition coefficient (Wildman–Crippen LogP) is 2.05. The molecule has 2 aliphatic heterocycles. The average Bonchev–Trinajstić information content (AvgIpc) is 2.76. The summed E-state index contributed by atoms with van der Waals surface area (Å²) in [4.78, 5) is 4.35. The van der Waals surface area contributed by atoms with Gasteiger partial charge in [-0.25, -0.2) is 4.58 Å². The Labute approximate surface area is 193 Å². The molecule has 0 spiro atoms. The predicted molar refractivity (Wildman–Crippen MR) is 123 cm³/mol. The highest BCUT2D eigenvalue weighted by Gasteiger charge is 2.21. The maximum Gasteiger partial charge on any atom is 0.762 e. The highest BCUT2D eigenvalue weighted by Crippen LogP contribution is 2.17. The van der Waals surface area contributed by atoms with Gasteiger partial charge in [-0.3, -0.25) is 17.9 Å². The maximum absolute atomic E-state index is 9.67. The maximum atomic E-state index is 9.67. The molecule has 0 saturated carbocycles. The van der Waals surface area contributed by atoms with E-state index in [4.69, 9.17) is 10.5 Å². The van der Waals surface area contributed by atoms with Gasteiger partial charge in [-0.15, -0.1) is 0 Å². The first-order valence-electron chi connectivity index (χ1n) is 9.90. The van der Waals surface area contributed by atoms with Gasteiger partial charge < -0.3 is 4.70 Å². The van der Waals surface area contributed by atoms with Gasteiger partial charge in [0, 0.05) is 18.5 Å². The lowest BCUT2D eigenvalue weighted by atomic mass is 9.96. The Hall–Kier alpha value is -3.46. The van der Waals surface area contributed by atoms with Crippen molar-refractivity contribution in [2.75, 3.05) is 20.1 Å². The molecule has 2 aromatic rings. The lowest BCUT2D eigenvalue weighted by molar-refractivity contribution is -0.498. The molecule has 0 aliphatic carbocycles. The summed E-state index contributed by atoms with van der Waals surface area (Å²) in [7, 11) is -1.61. The number of halogens is 4. The molecule has 174 valence electrons. The van der Waals surface area contributed by atoms with Crippen LogP contribution in [0, 0.1) is 22.7 Å². The Morgan fingerprint density at radius 2 is 1.42 bits per heavy atom. The monoisotopic (exact) mass is 458 g/mol. The van der Waals surface area contributed by atoms with Gasteiger partial charge in [-0.2, -0.15) is 10.5 Å². The van der Waals surface area contributed by atoms with Gasteiger partial charge in [0.05, 0.1) is 24.3 Å². The van der Waals surface area contributed by atoms with E-state index in [9.17, 15) is 12.9 Å². The first kappa shape index (κ1) is 29.5. The molecule has 0 radical (unpaired) electrons. The Balaban J connectivity index is 0.000000510. The molecule has 0 fully saturated rings. The van der Waals surface area contributed by atoms with Gasteiger partial charge in [0.1, 0.15) is 20.0 Å². The molecule has 0 bridgehead atoms. The normalized spacial score (nSPS) is 12.7. The number of aliphatic imine (C=N–C) groups is 1. The van der Waals surface area contributed by atoms with Crippen molar-refractivity contribution in [2.45, 2.75) is 33.1 Å². The third kappa shape index (κ3) is 8.90. The van der Waals surface area contributed by atoms with Crippen LogP contribution < -0.4 is 4.70 Å². The van der Waals surface area contributed by atoms with Crippen LogP contribution in [0.1, 0.15) is 42.5 Å². The van der Waals surface area contributed by atoms with Crippen LogP contribution in [0.25, 0.3) is 0 Å². The highest BCUT2D eigenvalue weighted by atomic mass is 19.4. The van der Waals surface area contributed by atoms with Gasteiger partial charge >= 0.3 is 7.54 Å². The molecule has 0 atom stereocenters. The van der Waals surface area contributed by atoms with Crippen LogP contribution in [0.2, 0.25) is 0 Å². The van der Waals surface area contributed by atoms with E-state index in [0.29, 0.717) is 12.8 Å². The number of nitriles is 2. The number of fused-ring (bicyclic) bond motifs is 2. The largest absolute Gasteiger partial charge is 1.00 e. The molecule has 9 heteroatoms. The Morgan fingerprint density at radius 1 is 0.909 bits per heavy atom. The van der Waals surface area contributed by atoms with E-state index in [0.717, 1.165) is 42.9 Å². The smallest absolute Gasteiger partial charge is 0.762 e. The molecule has 33 heavy (non-hydrogen) atoms. The van der Waals surface area contributed by atoms with Gasteiger partial charge in [0.2, 0.25) is 0 Å². The minimum Gasteiger partial charge on any atom is -1.00 e. The van der Waals surface area contributed by atoms with Crippen molar-refractivity contribution in [3.05, 3.63) is 70.8 Å². The molecule has 0 unspecified atom stereocenters. The van der Waals surface area contributed by atoms with E-state index in [1.165, 1.54) is 16.7 Å². The van der Waals surface area contributed by atoms with Gasteiger partial charge in [0.15, 0.2) is 5.71 Å². The SMILES string of the molecule is C.C[N+]1=C(CC#N)c2ccccc2CC1.FB(F)F.N#CCC1=NCCc2ccccc21.[F-]. The highest BCUT2D eigenvalue weighted by molar-refractivity contribution is 6.33. The minimum atomic E-state index is -3.67. The van der Waals surface area contributed by atoms with Crippen molar-refractivity contribution in [1.82, 2.24) is 0 Å². The second-order valence-corrected chi connectivity index (χ2v) is 6.93. The van der Waals surface area contributed by atoms with Crippen LogP contribution in [0.5, 0.6) is 0 Å². The second-order valence-electron chi connectivity index (χ2n) is 6.93. The first-order chi connectivity index (χ1) is 15.0. The van der Waals surface area contributed by atoms with Crippen molar-refractivity contribution >= 4 is 19.0 Å². The summed E-state index contributed by atoms with van der Waals surface area (Å²) in [5.41, 5.74) is 7.22. The van der Waals surface area contributed by atoms with Crippen LogP contribution in [0.15, 0.2) is 53.5 Å². The standard InChI is InChI=1S/C12H13N2.C11H10N2.CH4.BF3.FH/c1-14-9-7-10-4-2-3-5-11(10)12(14)6-8-13;12-7-5-11-10-4-2-1-3-9(10)6-8-13-11;;2-1(3)4;/h2-5H,6-7,9H2,1H3;1-4H,5-6,8H2;1H4;;1H/q+1;;;;/p-1. The Morgan fingerprint density at radius 3 is 2.00 bits per heavy atom. The van der Waals surface area contributed by atoms with Gasteiger partial charge in [-0.1, -0.05) is 49.9 Å². The van der Waals surface area contributed by atoms with Crippen molar-refractivity contribution in [3.8, 4) is 12.1 Å². The number of likely N-dealkylation sites (N-methyl/N-ethyl adjacent to an activating group) is 1. The summed E-state index contributed by atoms with van der Waals surface area (Å²) in [6.45, 7) is 1.85. The van der Waals surface area contributed by atoms with E-state index in [1.54, 1.807) is 0 Å². The van der Waals surface area contributed by atoms with Crippen molar-refractivity contribution < 1.29 is 22.2 Å². The zero-order valence-corrected chi connectivity index (χ0v) is 17.7. The second kappa shape index (κ2) is 15.4. The number of nitrogens with zero attached hydrogens (tertiary/aromatic N) is 4. The van der Waals surface area contributed by atoms with Gasteiger partial charge in [0.25, 0.3) is 0 Å². The summed E-state index contributed by atoms with van der Waals surface area (Å²) in [5, 5.41) is 17.4. The van der Waals surface area contributed by atoms with Crippen LogP contribution in [0.3, 0.4) is 0 Å². The molecule has 4 rings (SSSR count). The third-order valence-electron chi connectivity index (χ3n) is 5.01. The molecule has 4 nitrogen and oxygen atoms in total. The quantitative estimate of drug-likeness (QED) is 0.393. The summed E-state index contributed by atoms with van der Waals surface area (Å²) in [6, 6.07) is 20.9. The minimum absolute atomic E-state index is 0. The fraction of sp³-hybridized carbons (Fsp3) is 0.333. The summed E-state index contributed by atoms with van der Waals surface area (Å²) >= 11 is 0. The zero-order valence-electron chi connectivity index (χ0n) is 17.7. The molecule has 2 heterocycles. The van der Waals surface area contributed by atoms with E-state index in [1.807, 2.05) is 24.3 Å². The van der Waals surface area contributed by atoms with Crippen molar-refractivity contribution in [1.29, 1.82) is 10.5 Å². The number of hydrogen-bond donors (Lipinski definition) is 0. The summed E-state index contributed by atoms with van der Waals surface area (Å²) < 4.78 is 31.2. The van der Waals surface area contributed by atoms with Crippen LogP contribution in [-0.2, 0) is 12.8 Å². The van der Waals surface area contributed by atoms with E-state index < -0.39 is 7.54 Å². The average molecular weight is 458 g/mol. The number of rotatable bonds is 2. The molecule has 0 N–H and O–H groups in total. The number of benzene rings is 2. The summed E-state index contributed by atoms with van der Waals surface area (Å²) in [5.74, 6) is 0. The van der Waals surface area contributed by atoms with Crippen molar-refractivity contribution in [3.63, 3.8) is 0 Å². The molecule has 0 aromatic heterocycles. The van der Waals surface area contributed by atoms with Crippen LogP contribution >= 0.6 is 0 Å². The molecular weight excluding hydrogens is 431 g/mol. The van der Waals surface area contributed by atoms with E-state index in [-0.39, 0.29) is 12.1 Å². The lowest BCUT2D eigenvalue weighted by Crippen LogP contribution is -3.00. The topological polar surface area (TPSA) is 62.9 Å². The molecule has 2 aromatic carbocycles. The zero-order chi connectivity index (χ0) is 22.6.